The molecule has 0 aromatic carbocycles. The quantitative estimate of drug-likeness (QED) is 0.710. The van der Waals surface area contributed by atoms with Crippen molar-refractivity contribution in [2.24, 2.45) is 17.1 Å². The van der Waals surface area contributed by atoms with Crippen molar-refractivity contribution >= 4 is 5.97 Å². The molecule has 0 aromatic rings. The number of methoxy groups -OCH3 is 1. The zero-order valence-electron chi connectivity index (χ0n) is 7.73. The second-order valence-corrected chi connectivity index (χ2v) is 3.44. The normalized spacial score (nSPS) is 21.5. The highest BCUT2D eigenvalue weighted by Crippen LogP contribution is 2.54. The van der Waals surface area contributed by atoms with Crippen LogP contribution >= 0.6 is 0 Å². The fraction of sp³-hybridized carbons (Fsp3) is 0.875. The minimum Gasteiger partial charge on any atom is -0.468 e. The summed E-state index contributed by atoms with van der Waals surface area (Å²) < 4.78 is 42.4. The van der Waals surface area contributed by atoms with Gasteiger partial charge in [-0.05, 0) is 18.8 Å². The summed E-state index contributed by atoms with van der Waals surface area (Å²) in [5.41, 5.74) is 2.61. The Kier molecular flexibility index (Phi) is 2.76. The Labute approximate surface area is 79.4 Å². The van der Waals surface area contributed by atoms with Crippen LogP contribution in [0.4, 0.5) is 13.2 Å². The summed E-state index contributed by atoms with van der Waals surface area (Å²) in [4.78, 5) is 11.2. The minimum absolute atomic E-state index is 0.381. The fourth-order valence-corrected chi connectivity index (χ4v) is 1.64. The van der Waals surface area contributed by atoms with E-state index in [2.05, 4.69) is 4.74 Å². The Hall–Kier alpha value is -0.780. The van der Waals surface area contributed by atoms with Gasteiger partial charge in [0, 0.05) is 6.54 Å². The standard InChI is InChI=1S/C8H12F3NO2/c1-14-6(13)7(4-12,5-2-3-5)8(9,10)11/h5H,2-4,12H2,1H3. The maximum atomic E-state index is 12.7. The van der Waals surface area contributed by atoms with E-state index in [9.17, 15) is 18.0 Å². The lowest BCUT2D eigenvalue weighted by Gasteiger charge is -2.31. The summed E-state index contributed by atoms with van der Waals surface area (Å²) in [6.45, 7) is -0.742. The number of carbonyl (C=O) groups excluding carboxylic acids is 1. The van der Waals surface area contributed by atoms with Gasteiger partial charge in [0.05, 0.1) is 7.11 Å². The zero-order valence-corrected chi connectivity index (χ0v) is 7.73. The van der Waals surface area contributed by atoms with Crippen LogP contribution in [-0.2, 0) is 9.53 Å². The number of rotatable bonds is 3. The van der Waals surface area contributed by atoms with Gasteiger partial charge in [0.25, 0.3) is 0 Å². The van der Waals surface area contributed by atoms with E-state index in [0.29, 0.717) is 12.8 Å². The summed E-state index contributed by atoms with van der Waals surface area (Å²) in [6, 6.07) is 0. The topological polar surface area (TPSA) is 52.3 Å². The van der Waals surface area contributed by atoms with E-state index in [1.54, 1.807) is 0 Å². The Morgan fingerprint density at radius 2 is 2.00 bits per heavy atom. The maximum absolute atomic E-state index is 12.7. The molecule has 1 unspecified atom stereocenters. The van der Waals surface area contributed by atoms with Crippen LogP contribution < -0.4 is 5.73 Å². The highest BCUT2D eigenvalue weighted by Gasteiger charge is 2.67. The predicted molar refractivity (Wildman–Crippen MR) is 42.3 cm³/mol. The summed E-state index contributed by atoms with van der Waals surface area (Å²) in [5.74, 6) is -1.98. The first-order valence-corrected chi connectivity index (χ1v) is 4.25. The molecule has 82 valence electrons. The number of carbonyl (C=O) groups is 1. The molecule has 2 N–H and O–H groups in total. The molecule has 1 fully saturated rings. The first-order chi connectivity index (χ1) is 6.40. The summed E-state index contributed by atoms with van der Waals surface area (Å²) >= 11 is 0. The average molecular weight is 211 g/mol. The molecule has 0 aliphatic heterocycles. The van der Waals surface area contributed by atoms with Crippen LogP contribution in [0, 0.1) is 11.3 Å². The number of ether oxygens (including phenoxy) is 1. The van der Waals surface area contributed by atoms with Gasteiger partial charge in [-0.3, -0.25) is 4.79 Å². The second kappa shape index (κ2) is 3.42. The molecule has 1 saturated carbocycles. The number of alkyl halides is 3. The molecule has 14 heavy (non-hydrogen) atoms. The largest absolute Gasteiger partial charge is 0.468 e. The van der Waals surface area contributed by atoms with Crippen molar-refractivity contribution in [3.63, 3.8) is 0 Å². The van der Waals surface area contributed by atoms with Gasteiger partial charge in [-0.1, -0.05) is 0 Å². The Morgan fingerprint density at radius 3 is 2.21 bits per heavy atom. The highest BCUT2D eigenvalue weighted by atomic mass is 19.4. The van der Waals surface area contributed by atoms with Crippen LogP contribution in [0.25, 0.3) is 0 Å². The monoisotopic (exact) mass is 211 g/mol. The van der Waals surface area contributed by atoms with Gasteiger partial charge >= 0.3 is 12.1 Å². The van der Waals surface area contributed by atoms with Crippen molar-refractivity contribution < 1.29 is 22.7 Å². The SMILES string of the molecule is COC(=O)C(CN)(C1CC1)C(F)(F)F. The van der Waals surface area contributed by atoms with E-state index in [0.717, 1.165) is 7.11 Å². The van der Waals surface area contributed by atoms with Crippen molar-refractivity contribution in [3.05, 3.63) is 0 Å². The fourth-order valence-electron chi connectivity index (χ4n) is 1.64. The molecule has 0 radical (unpaired) electrons. The highest BCUT2D eigenvalue weighted by molar-refractivity contribution is 5.79. The van der Waals surface area contributed by atoms with Crippen molar-refractivity contribution in [2.45, 2.75) is 19.0 Å². The van der Waals surface area contributed by atoms with Crippen LogP contribution in [-0.4, -0.2) is 25.8 Å². The van der Waals surface area contributed by atoms with Crippen molar-refractivity contribution in [2.75, 3.05) is 13.7 Å². The Balaban J connectivity index is 3.04. The van der Waals surface area contributed by atoms with Gasteiger partial charge < -0.3 is 10.5 Å². The second-order valence-electron chi connectivity index (χ2n) is 3.44. The summed E-state index contributed by atoms with van der Waals surface area (Å²) in [6.07, 6.45) is -3.87. The van der Waals surface area contributed by atoms with Gasteiger partial charge in [-0.15, -0.1) is 0 Å². The van der Waals surface area contributed by atoms with Crippen LogP contribution in [0.1, 0.15) is 12.8 Å². The van der Waals surface area contributed by atoms with Gasteiger partial charge in [-0.25, -0.2) is 0 Å². The maximum Gasteiger partial charge on any atom is 0.406 e. The van der Waals surface area contributed by atoms with Crippen LogP contribution in [0.15, 0.2) is 0 Å². The number of halogens is 3. The molecule has 0 spiro atoms. The first-order valence-electron chi connectivity index (χ1n) is 4.25. The van der Waals surface area contributed by atoms with Gasteiger partial charge in [0.15, 0.2) is 5.41 Å². The number of hydrogen-bond donors (Lipinski definition) is 1. The van der Waals surface area contributed by atoms with E-state index in [1.165, 1.54) is 0 Å². The number of nitrogens with two attached hydrogens (primary N) is 1. The predicted octanol–water partition coefficient (Wildman–Crippen LogP) is 1.08. The van der Waals surface area contributed by atoms with E-state index in [4.69, 9.17) is 5.73 Å². The third kappa shape index (κ3) is 1.47. The van der Waals surface area contributed by atoms with E-state index < -0.39 is 30.0 Å². The molecule has 1 aliphatic rings. The lowest BCUT2D eigenvalue weighted by molar-refractivity contribution is -0.236. The molecule has 1 aliphatic carbocycles. The molecule has 1 rings (SSSR count). The zero-order chi connectivity index (χ0) is 11.0. The van der Waals surface area contributed by atoms with E-state index in [-0.39, 0.29) is 0 Å². The minimum atomic E-state index is -4.63. The van der Waals surface area contributed by atoms with Crippen LogP contribution in [0.2, 0.25) is 0 Å². The lowest BCUT2D eigenvalue weighted by Crippen LogP contribution is -2.52. The molecule has 0 amide bonds. The van der Waals surface area contributed by atoms with Crippen LogP contribution in [0.3, 0.4) is 0 Å². The van der Waals surface area contributed by atoms with Gasteiger partial charge in [0.2, 0.25) is 0 Å². The molecule has 1 atom stereocenters. The summed E-state index contributed by atoms with van der Waals surface area (Å²) in [5, 5.41) is 0. The van der Waals surface area contributed by atoms with E-state index >= 15 is 0 Å². The van der Waals surface area contributed by atoms with E-state index in [1.807, 2.05) is 0 Å². The third-order valence-corrected chi connectivity index (χ3v) is 2.65. The van der Waals surface area contributed by atoms with Crippen molar-refractivity contribution in [1.29, 1.82) is 0 Å². The molecule has 0 aromatic heterocycles. The van der Waals surface area contributed by atoms with Crippen molar-refractivity contribution in [3.8, 4) is 0 Å². The van der Waals surface area contributed by atoms with Crippen molar-refractivity contribution in [1.82, 2.24) is 0 Å². The van der Waals surface area contributed by atoms with Crippen LogP contribution in [0.5, 0.6) is 0 Å². The summed E-state index contributed by atoms with van der Waals surface area (Å²) in [7, 11) is 0.945. The Morgan fingerprint density at radius 1 is 1.50 bits per heavy atom. The first kappa shape index (κ1) is 11.3. The lowest BCUT2D eigenvalue weighted by atomic mass is 9.82. The van der Waals surface area contributed by atoms with Gasteiger partial charge in [-0.2, -0.15) is 13.2 Å². The molecular formula is C8H12F3NO2. The third-order valence-electron chi connectivity index (χ3n) is 2.65. The molecule has 0 bridgehead atoms. The molecular weight excluding hydrogens is 199 g/mol. The average Bonchev–Trinajstić information content (AvgIpc) is 2.87. The molecule has 0 heterocycles. The molecule has 6 heteroatoms. The molecule has 3 nitrogen and oxygen atoms in total. The van der Waals surface area contributed by atoms with Gasteiger partial charge in [0.1, 0.15) is 0 Å². The molecule has 0 saturated heterocycles. The number of hydrogen-bond acceptors (Lipinski definition) is 3. The number of esters is 1. The Bertz CT molecular complexity index is 237. The smallest absolute Gasteiger partial charge is 0.406 e.